The first-order valence-corrected chi connectivity index (χ1v) is 47.1. The number of ether oxygens (including phenoxy) is 4. The Kier molecular flexibility index (Phi) is 29.9. The summed E-state index contributed by atoms with van der Waals surface area (Å²) in [6.07, 6.45) is 6.98. The summed E-state index contributed by atoms with van der Waals surface area (Å²) in [4.78, 5) is 182. The zero-order valence-electron chi connectivity index (χ0n) is 74.4. The van der Waals surface area contributed by atoms with Crippen LogP contribution in [-0.4, -0.2) is 207 Å². The van der Waals surface area contributed by atoms with Crippen LogP contribution in [0.2, 0.25) is 0 Å². The maximum absolute atomic E-state index is 14.5. The van der Waals surface area contributed by atoms with E-state index in [1.54, 1.807) is 20.3 Å². The number of fused-ring (bicyclic) bond motifs is 3. The number of halogens is 1. The largest absolute Gasteiger partial charge is 0.497 e. The Balaban J connectivity index is 0.000000227. The fourth-order valence-electron chi connectivity index (χ4n) is 14.7. The van der Waals surface area contributed by atoms with Crippen LogP contribution in [0.1, 0.15) is 243 Å². The number of ketones is 1. The Labute approximate surface area is 727 Å². The molecule has 5 heterocycles. The second-order valence-corrected chi connectivity index (χ2v) is 43.8. The molecule has 3 unspecified atom stereocenters. The molecule has 0 bridgehead atoms. The van der Waals surface area contributed by atoms with Crippen molar-refractivity contribution in [3.8, 4) is 23.0 Å². The predicted octanol–water partition coefficient (Wildman–Crippen LogP) is 10.2. The van der Waals surface area contributed by atoms with Gasteiger partial charge in [-0.25, -0.2) is 9.59 Å². The van der Waals surface area contributed by atoms with Crippen molar-refractivity contribution >= 4 is 118 Å². The van der Waals surface area contributed by atoms with Crippen LogP contribution in [0.3, 0.4) is 0 Å². The number of benzene rings is 3. The standard InChI is InChI=1S/C38H56N6O7.C38H54N6O7.C13H13IO8.H2/c2*1-9-10-26(31(45)34(47)39-22-13-14-22)41-33(46)29-18-24(20-44(29)35(48)32(37(2,3)4)42-36(49)43-38(5,6)7)51-30-19-27(21-11-12-21)40-28-17-23(50-8)15-16-25(28)30;1-8(15)19-14(20-9(2)16,21-10(3)17)12-7-5-4-6-11(12)13(18)22-14;/h15-17,19,21-22,24,26,29,31-32,45H,9-14,18,20H2,1-8H3,(H,39,47)(H,41,46)(H2,42,43,49);15-17,19,21-22,24,26,29,32H,9-14,18,20H2,1-8H3,(H,39,47)(H,41,46)(H2,42,43,49);4-7H,1-3H3;1H/t24?,26-,29-,31?,32+;24?,26-,29-,32+;;/m00../s1/i;;;1+1. The predicted molar refractivity (Wildman–Crippen MR) is 468 cm³/mol. The number of nitrogens with one attached hydrogen (secondary N) is 8. The summed E-state index contributed by atoms with van der Waals surface area (Å²) in [6.45, 7) is 29.2. The molecule has 4 aliphatic carbocycles. The van der Waals surface area contributed by atoms with Crippen LogP contribution in [0.25, 0.3) is 21.8 Å². The van der Waals surface area contributed by atoms with Gasteiger partial charge in [0.2, 0.25) is 29.4 Å². The van der Waals surface area contributed by atoms with Crippen LogP contribution in [0, 0.1) is 14.4 Å². The van der Waals surface area contributed by atoms with Gasteiger partial charge in [-0.05, 0) is 141 Å². The number of aromatic nitrogens is 2. The van der Waals surface area contributed by atoms with Crippen LogP contribution in [0.15, 0.2) is 72.8 Å². The molecule has 0 radical (unpaired) electrons. The molecule has 0 spiro atoms. The molecule has 3 aromatic carbocycles. The van der Waals surface area contributed by atoms with E-state index in [2.05, 4.69) is 42.5 Å². The van der Waals surface area contributed by atoms with Gasteiger partial charge in [0.05, 0.1) is 50.4 Å². The van der Waals surface area contributed by atoms with Crippen molar-refractivity contribution < 1.29 is 100 Å². The Hall–Kier alpha value is -10.7. The van der Waals surface area contributed by atoms with Gasteiger partial charge in [0.25, 0.3) is 11.8 Å². The fourth-order valence-corrected chi connectivity index (χ4v) is 22.5. The van der Waals surface area contributed by atoms with Gasteiger partial charge in [0.1, 0.15) is 59.4 Å². The van der Waals surface area contributed by atoms with E-state index in [0.717, 1.165) is 105 Å². The summed E-state index contributed by atoms with van der Waals surface area (Å²) in [5.41, 5.74) is 0.780. The number of pyridine rings is 2. The van der Waals surface area contributed by atoms with E-state index >= 15 is 0 Å². The first kappa shape index (κ1) is 95.5. The SMILES string of the molecule is CC(=O)OI1(OC(C)=O)(OC(C)=O)OC(=O)c2ccccc21.CCC[C@H](NC(=O)[C@@H]1CC(Oc2cc(C3CC3)nc3cc(OC)ccc23)CN1C(=O)[C@@H](NC(=O)NC(C)(C)C)C(C)(C)C)C(=O)C(=O)NC1CC1.CCC[C@H](NC(=O)[C@@H]1CC(Oc2cc(C3CC3)nc3cc(OC)ccc23)CN1C(=O)[C@@H](NC(=O)NC(C)(C)C)C(C)(C)C)C(O)C(=O)NC1CC1.[2HH]. The summed E-state index contributed by atoms with van der Waals surface area (Å²) in [5.74, 6) is -4.30. The van der Waals surface area contributed by atoms with Gasteiger partial charge in [-0.2, -0.15) is 0 Å². The molecule has 35 heteroatoms. The quantitative estimate of drug-likeness (QED) is 0.0159. The van der Waals surface area contributed by atoms with E-state index < -0.39 is 172 Å². The number of Topliss-reactive ketones (excluding diaryl/α,β-unsaturated/α-hetero) is 1. The fraction of sp³-hybridized carbons (Fsp3) is 0.584. The van der Waals surface area contributed by atoms with Crippen molar-refractivity contribution in [3.63, 3.8) is 0 Å². The minimum Gasteiger partial charge on any atom is -0.497 e. The molecule has 2 saturated heterocycles. The molecular formula is C89H125IN12O22. The second-order valence-electron chi connectivity index (χ2n) is 37.0. The number of rotatable bonds is 29. The number of aliphatic hydroxyl groups is 1. The van der Waals surface area contributed by atoms with Crippen molar-refractivity contribution in [2.24, 2.45) is 10.8 Å². The van der Waals surface area contributed by atoms with Crippen LogP contribution >= 0.6 is 18.7 Å². The van der Waals surface area contributed by atoms with Crippen molar-refractivity contribution in [2.45, 2.75) is 297 Å². The van der Waals surface area contributed by atoms with Gasteiger partial charge in [-0.3, -0.25) is 43.5 Å². The number of aliphatic hydroxyl groups excluding tert-OH is 1. The summed E-state index contributed by atoms with van der Waals surface area (Å²) < 4.78 is 44.7. The van der Waals surface area contributed by atoms with Gasteiger partial charge in [0, 0.05) is 95.7 Å². The van der Waals surface area contributed by atoms with E-state index in [0.29, 0.717) is 54.1 Å². The third-order valence-electron chi connectivity index (χ3n) is 21.2. The molecule has 9 N–H and O–H groups in total. The zero-order valence-corrected chi connectivity index (χ0v) is 76.6. The molecule has 7 aliphatic rings. The van der Waals surface area contributed by atoms with Crippen LogP contribution in [0.4, 0.5) is 9.59 Å². The summed E-state index contributed by atoms with van der Waals surface area (Å²) in [6, 6.07) is 14.0. The molecule has 12 rings (SSSR count). The molecule has 9 atom stereocenters. The molecule has 3 aliphatic heterocycles. The Morgan fingerprint density at radius 3 is 1.35 bits per heavy atom. The van der Waals surface area contributed by atoms with Crippen molar-refractivity contribution in [1.82, 2.24) is 62.3 Å². The molecule has 10 amide bonds. The summed E-state index contributed by atoms with van der Waals surface area (Å²) in [7, 11) is 3.21. The van der Waals surface area contributed by atoms with Gasteiger partial charge in [0.15, 0.2) is 6.10 Å². The molecule has 5 aromatic rings. The zero-order chi connectivity index (χ0) is 91.1. The van der Waals surface area contributed by atoms with E-state index in [4.69, 9.17) is 41.2 Å². The van der Waals surface area contributed by atoms with Gasteiger partial charge >= 0.3 is 140 Å². The van der Waals surface area contributed by atoms with Crippen LogP contribution in [0.5, 0.6) is 23.0 Å². The summed E-state index contributed by atoms with van der Waals surface area (Å²) >= 11 is -6.03. The number of amides is 10. The average molecular weight is 1840 g/mol. The van der Waals surface area contributed by atoms with Gasteiger partial charge in [-0.1, -0.05) is 68.2 Å². The maximum atomic E-state index is 14.5. The maximum Gasteiger partial charge on any atom is 0.315 e. The molecule has 4 saturated carbocycles. The van der Waals surface area contributed by atoms with Crippen molar-refractivity contribution in [2.75, 3.05) is 27.3 Å². The third-order valence-corrected chi connectivity index (χ3v) is 29.4. The first-order valence-electron chi connectivity index (χ1n) is 42.5. The Morgan fingerprint density at radius 1 is 0.548 bits per heavy atom. The molecule has 2 aromatic heterocycles. The Morgan fingerprint density at radius 2 is 0.968 bits per heavy atom. The normalized spacial score (nSPS) is 20.3. The Bertz CT molecular complexity index is 4840. The molecular weight excluding hydrogens is 1720 g/mol. The van der Waals surface area contributed by atoms with E-state index in [-0.39, 0.29) is 55.0 Å². The van der Waals surface area contributed by atoms with Gasteiger partial charge < -0.3 is 76.4 Å². The van der Waals surface area contributed by atoms with Crippen molar-refractivity contribution in [3.05, 3.63) is 93.3 Å². The molecule has 124 heavy (non-hydrogen) atoms. The minimum absolute atomic E-state index is 0. The van der Waals surface area contributed by atoms with Crippen molar-refractivity contribution in [1.29, 1.82) is 0 Å². The van der Waals surface area contributed by atoms with Gasteiger partial charge in [-0.15, -0.1) is 0 Å². The molecule has 6 fully saturated rings. The number of hydrogen-bond donors (Lipinski definition) is 9. The monoisotopic (exact) mass is 1840 g/mol. The van der Waals surface area contributed by atoms with E-state index in [1.165, 1.54) is 28.0 Å². The third kappa shape index (κ3) is 24.7. The number of carbonyl (C=O) groups is 13. The smallest absolute Gasteiger partial charge is 0.315 e. The van der Waals surface area contributed by atoms with Crippen LogP contribution in [-0.2, 0) is 60.2 Å². The first-order chi connectivity index (χ1) is 58.1. The molecule has 34 nitrogen and oxygen atoms in total. The number of methoxy groups -OCH3 is 2. The number of urea groups is 2. The molecule has 680 valence electrons. The number of hydrogen-bond acceptors (Lipinski definition) is 24. The number of likely N-dealkylation sites (tertiary alicyclic amines) is 2. The average Bonchev–Trinajstić information content (AvgIpc) is 1.54. The summed E-state index contributed by atoms with van der Waals surface area (Å²) in [5, 5.41) is 35.2. The van der Waals surface area contributed by atoms with Crippen LogP contribution < -0.4 is 61.5 Å². The minimum atomic E-state index is -6.03. The van der Waals surface area contributed by atoms with E-state index in [1.807, 2.05) is 145 Å². The number of nitrogens with zero attached hydrogens (tertiary/aromatic N) is 4. The number of carbonyl (C=O) groups excluding carboxylic acids is 13. The second kappa shape index (κ2) is 38.8. The topological polar surface area (TPSA) is 444 Å². The van der Waals surface area contributed by atoms with E-state index in [9.17, 15) is 67.4 Å².